The quantitative estimate of drug-likeness (QED) is 0.390. The van der Waals surface area contributed by atoms with Crippen LogP contribution in [0.15, 0.2) is 4.99 Å². The van der Waals surface area contributed by atoms with Crippen LogP contribution in [0, 0.1) is 5.92 Å². The topological polar surface area (TPSA) is 45.7 Å². The van der Waals surface area contributed by atoms with Crippen molar-refractivity contribution in [2.24, 2.45) is 10.9 Å². The minimum atomic E-state index is 0.581. The minimum Gasteiger partial charge on any atom is -0.381 e. The number of thioether (sulfide) groups is 1. The maximum Gasteiger partial charge on any atom is 0.191 e. The summed E-state index contributed by atoms with van der Waals surface area (Å²) in [6, 6.07) is 0.581. The number of nitrogens with one attached hydrogen (secondary N) is 2. The Balaban J connectivity index is 2.23. The van der Waals surface area contributed by atoms with Crippen LogP contribution in [-0.4, -0.2) is 49.8 Å². The van der Waals surface area contributed by atoms with Gasteiger partial charge < -0.3 is 15.4 Å². The molecule has 0 aromatic rings. The van der Waals surface area contributed by atoms with Gasteiger partial charge in [-0.2, -0.15) is 11.8 Å². The number of aliphatic imine (C=N–C) groups is 1. The van der Waals surface area contributed by atoms with Gasteiger partial charge in [0.1, 0.15) is 0 Å². The van der Waals surface area contributed by atoms with Gasteiger partial charge in [-0.05, 0) is 44.8 Å². The summed E-state index contributed by atoms with van der Waals surface area (Å²) in [5.74, 6) is 1.58. The van der Waals surface area contributed by atoms with E-state index >= 15 is 0 Å². The van der Waals surface area contributed by atoms with E-state index in [0.29, 0.717) is 12.0 Å². The van der Waals surface area contributed by atoms with E-state index in [0.717, 1.165) is 43.9 Å². The molecule has 124 valence electrons. The van der Waals surface area contributed by atoms with E-state index in [2.05, 4.69) is 42.7 Å². The highest BCUT2D eigenvalue weighted by Gasteiger charge is 2.24. The summed E-state index contributed by atoms with van der Waals surface area (Å²) in [5, 5.41) is 7.73. The first kappa shape index (κ1) is 18.6. The van der Waals surface area contributed by atoms with Gasteiger partial charge in [0, 0.05) is 37.6 Å². The Hall–Kier alpha value is -0.420. The minimum absolute atomic E-state index is 0.581. The van der Waals surface area contributed by atoms with Gasteiger partial charge in [-0.25, -0.2) is 0 Å². The molecular formula is C16H33N3OS. The summed E-state index contributed by atoms with van der Waals surface area (Å²) >= 11 is 1.99. The summed E-state index contributed by atoms with van der Waals surface area (Å²) < 4.78 is 5.59. The van der Waals surface area contributed by atoms with Crippen molar-refractivity contribution in [3.63, 3.8) is 0 Å². The van der Waals surface area contributed by atoms with Gasteiger partial charge in [-0.1, -0.05) is 13.8 Å². The third kappa shape index (κ3) is 8.57. The molecule has 2 unspecified atom stereocenters. The van der Waals surface area contributed by atoms with Gasteiger partial charge in [0.2, 0.25) is 0 Å². The fraction of sp³-hybridized carbons (Fsp3) is 0.938. The summed E-state index contributed by atoms with van der Waals surface area (Å²) in [7, 11) is 0. The molecule has 21 heavy (non-hydrogen) atoms. The maximum absolute atomic E-state index is 5.59. The molecule has 1 aliphatic rings. The molecule has 0 amide bonds. The van der Waals surface area contributed by atoms with E-state index in [1.807, 2.05) is 11.8 Å². The Morgan fingerprint density at radius 1 is 1.38 bits per heavy atom. The lowest BCUT2D eigenvalue weighted by Gasteiger charge is -2.17. The summed E-state index contributed by atoms with van der Waals surface area (Å²) in [4.78, 5) is 4.65. The van der Waals surface area contributed by atoms with Gasteiger partial charge >= 0.3 is 0 Å². The average Bonchev–Trinajstić information content (AvgIpc) is 2.90. The SMILES string of the molecule is CCNC(=NCCCOCC(C)C)NC1CCC(SC)C1. The van der Waals surface area contributed by atoms with Crippen LogP contribution < -0.4 is 10.6 Å². The van der Waals surface area contributed by atoms with Crippen molar-refractivity contribution in [1.82, 2.24) is 10.6 Å². The number of guanidine groups is 1. The molecule has 0 aliphatic heterocycles. The molecule has 4 nitrogen and oxygen atoms in total. The second-order valence-electron chi connectivity index (χ2n) is 6.09. The Morgan fingerprint density at radius 3 is 2.81 bits per heavy atom. The highest BCUT2D eigenvalue weighted by atomic mass is 32.2. The first-order valence-electron chi connectivity index (χ1n) is 8.31. The Kier molecular flexibility index (Phi) is 9.92. The Morgan fingerprint density at radius 2 is 2.19 bits per heavy atom. The highest BCUT2D eigenvalue weighted by Crippen LogP contribution is 2.27. The standard InChI is InChI=1S/C16H33N3OS/c1-5-17-16(18-9-6-10-20-12-13(2)3)19-14-7-8-15(11-14)21-4/h13-15H,5-12H2,1-4H3,(H2,17,18,19). The number of nitrogens with zero attached hydrogens (tertiary/aromatic N) is 1. The van der Waals surface area contributed by atoms with Crippen LogP contribution in [-0.2, 0) is 4.74 Å². The number of ether oxygens (including phenoxy) is 1. The zero-order valence-corrected chi connectivity index (χ0v) is 15.0. The molecule has 1 rings (SSSR count). The Labute approximate surface area is 134 Å². The summed E-state index contributed by atoms with van der Waals surface area (Å²) in [5.41, 5.74) is 0. The van der Waals surface area contributed by atoms with Crippen molar-refractivity contribution in [3.05, 3.63) is 0 Å². The van der Waals surface area contributed by atoms with Crippen LogP contribution in [0.4, 0.5) is 0 Å². The fourth-order valence-electron chi connectivity index (χ4n) is 2.48. The third-order valence-electron chi connectivity index (χ3n) is 3.57. The second-order valence-corrected chi connectivity index (χ2v) is 7.23. The fourth-order valence-corrected chi connectivity index (χ4v) is 3.27. The molecule has 0 heterocycles. The van der Waals surface area contributed by atoms with Crippen LogP contribution in [0.5, 0.6) is 0 Å². The van der Waals surface area contributed by atoms with Gasteiger partial charge in [-0.15, -0.1) is 0 Å². The second kappa shape index (κ2) is 11.2. The smallest absolute Gasteiger partial charge is 0.191 e. The first-order valence-corrected chi connectivity index (χ1v) is 9.59. The van der Waals surface area contributed by atoms with Crippen LogP contribution in [0.3, 0.4) is 0 Å². The Bertz CT molecular complexity index is 297. The molecule has 1 fully saturated rings. The lowest BCUT2D eigenvalue weighted by molar-refractivity contribution is 0.109. The predicted octanol–water partition coefficient (Wildman–Crippen LogP) is 2.89. The molecule has 0 aromatic heterocycles. The van der Waals surface area contributed by atoms with Crippen LogP contribution in [0.1, 0.15) is 46.5 Å². The van der Waals surface area contributed by atoms with Crippen molar-refractivity contribution in [2.75, 3.05) is 32.6 Å². The number of rotatable bonds is 9. The predicted molar refractivity (Wildman–Crippen MR) is 94.3 cm³/mol. The largest absolute Gasteiger partial charge is 0.381 e. The monoisotopic (exact) mass is 315 g/mol. The van der Waals surface area contributed by atoms with Crippen LogP contribution in [0.25, 0.3) is 0 Å². The van der Waals surface area contributed by atoms with Gasteiger partial charge in [0.15, 0.2) is 5.96 Å². The normalized spacial score (nSPS) is 22.8. The van der Waals surface area contributed by atoms with Crippen molar-refractivity contribution >= 4 is 17.7 Å². The van der Waals surface area contributed by atoms with Crippen LogP contribution >= 0.6 is 11.8 Å². The molecule has 1 aliphatic carbocycles. The molecule has 0 spiro atoms. The summed E-state index contributed by atoms with van der Waals surface area (Å²) in [6.45, 7) is 9.85. The van der Waals surface area contributed by atoms with Crippen molar-refractivity contribution in [1.29, 1.82) is 0 Å². The number of hydrogen-bond acceptors (Lipinski definition) is 3. The first-order chi connectivity index (χ1) is 10.2. The maximum atomic E-state index is 5.59. The molecule has 0 radical (unpaired) electrons. The van der Waals surface area contributed by atoms with Crippen molar-refractivity contribution in [3.8, 4) is 0 Å². The molecule has 2 atom stereocenters. The van der Waals surface area contributed by atoms with E-state index < -0.39 is 0 Å². The van der Waals surface area contributed by atoms with E-state index in [1.165, 1.54) is 19.3 Å². The van der Waals surface area contributed by atoms with E-state index in [4.69, 9.17) is 4.74 Å². The molecule has 0 saturated heterocycles. The molecule has 2 N–H and O–H groups in total. The summed E-state index contributed by atoms with van der Waals surface area (Å²) in [6.07, 6.45) is 7.03. The third-order valence-corrected chi connectivity index (χ3v) is 4.67. The molecular weight excluding hydrogens is 282 g/mol. The zero-order chi connectivity index (χ0) is 15.5. The average molecular weight is 316 g/mol. The zero-order valence-electron chi connectivity index (χ0n) is 14.2. The van der Waals surface area contributed by atoms with Gasteiger partial charge in [0.25, 0.3) is 0 Å². The van der Waals surface area contributed by atoms with Gasteiger partial charge in [0.05, 0.1) is 0 Å². The van der Waals surface area contributed by atoms with Gasteiger partial charge in [-0.3, -0.25) is 4.99 Å². The van der Waals surface area contributed by atoms with E-state index in [1.54, 1.807) is 0 Å². The van der Waals surface area contributed by atoms with Crippen molar-refractivity contribution < 1.29 is 4.74 Å². The molecule has 0 bridgehead atoms. The molecule has 0 aromatic carbocycles. The van der Waals surface area contributed by atoms with Crippen LogP contribution in [0.2, 0.25) is 0 Å². The molecule has 5 heteroatoms. The van der Waals surface area contributed by atoms with E-state index in [9.17, 15) is 0 Å². The molecule has 1 saturated carbocycles. The number of hydrogen-bond donors (Lipinski definition) is 2. The lowest BCUT2D eigenvalue weighted by atomic mass is 10.2. The lowest BCUT2D eigenvalue weighted by Crippen LogP contribution is -2.42. The highest BCUT2D eigenvalue weighted by molar-refractivity contribution is 7.99. The van der Waals surface area contributed by atoms with Crippen molar-refractivity contribution in [2.45, 2.75) is 57.7 Å². The van der Waals surface area contributed by atoms with E-state index in [-0.39, 0.29) is 0 Å².